The molecular formula is C17H28N4O3. The number of aromatic nitrogens is 1. The van der Waals surface area contributed by atoms with E-state index in [-0.39, 0.29) is 6.29 Å². The highest BCUT2D eigenvalue weighted by molar-refractivity contribution is 5.58. The van der Waals surface area contributed by atoms with Gasteiger partial charge in [-0.3, -0.25) is 0 Å². The van der Waals surface area contributed by atoms with Crippen LogP contribution >= 0.6 is 0 Å². The van der Waals surface area contributed by atoms with Crippen molar-refractivity contribution in [1.29, 1.82) is 0 Å². The van der Waals surface area contributed by atoms with Crippen molar-refractivity contribution in [1.82, 2.24) is 9.88 Å². The van der Waals surface area contributed by atoms with Crippen LogP contribution in [0.3, 0.4) is 0 Å². The molecule has 2 fully saturated rings. The van der Waals surface area contributed by atoms with E-state index in [4.69, 9.17) is 19.9 Å². The highest BCUT2D eigenvalue weighted by Gasteiger charge is 2.19. The third-order valence-electron chi connectivity index (χ3n) is 4.44. The summed E-state index contributed by atoms with van der Waals surface area (Å²) in [6, 6.07) is 1.85. The van der Waals surface area contributed by atoms with E-state index in [0.717, 1.165) is 63.6 Å². The molecule has 0 saturated carbocycles. The van der Waals surface area contributed by atoms with Gasteiger partial charge in [-0.05, 0) is 26.3 Å². The van der Waals surface area contributed by atoms with Crippen molar-refractivity contribution in [2.24, 2.45) is 0 Å². The smallest absolute Gasteiger partial charge is 0.171 e. The molecule has 0 aliphatic carbocycles. The summed E-state index contributed by atoms with van der Waals surface area (Å²) < 4.78 is 17.2. The third-order valence-corrected chi connectivity index (χ3v) is 4.44. The topological polar surface area (TPSA) is 73.1 Å². The number of anilines is 2. The fourth-order valence-corrected chi connectivity index (χ4v) is 2.99. The zero-order valence-electron chi connectivity index (χ0n) is 14.4. The van der Waals surface area contributed by atoms with E-state index in [1.807, 2.05) is 6.07 Å². The molecule has 2 aliphatic rings. The lowest BCUT2D eigenvalue weighted by atomic mass is 10.2. The summed E-state index contributed by atoms with van der Waals surface area (Å²) in [5.41, 5.74) is 6.49. The Morgan fingerprint density at radius 2 is 2.08 bits per heavy atom. The number of hydrogen-bond acceptors (Lipinski definition) is 7. The van der Waals surface area contributed by atoms with Gasteiger partial charge in [0.25, 0.3) is 0 Å². The van der Waals surface area contributed by atoms with Gasteiger partial charge in [-0.25, -0.2) is 4.98 Å². The Hall–Kier alpha value is -1.57. The van der Waals surface area contributed by atoms with Crippen LogP contribution in [0.4, 0.5) is 11.5 Å². The molecule has 3 heterocycles. The number of hydrogen-bond donors (Lipinski definition) is 1. The van der Waals surface area contributed by atoms with Crippen molar-refractivity contribution in [3.63, 3.8) is 0 Å². The van der Waals surface area contributed by atoms with Gasteiger partial charge in [0, 0.05) is 38.9 Å². The van der Waals surface area contributed by atoms with Crippen molar-refractivity contribution in [2.45, 2.75) is 25.6 Å². The Morgan fingerprint density at radius 1 is 1.25 bits per heavy atom. The van der Waals surface area contributed by atoms with Gasteiger partial charge in [-0.2, -0.15) is 0 Å². The van der Waals surface area contributed by atoms with Crippen LogP contribution in [-0.2, 0) is 9.47 Å². The molecule has 1 aromatic heterocycles. The van der Waals surface area contributed by atoms with Gasteiger partial charge in [0.1, 0.15) is 6.61 Å². The molecule has 0 spiro atoms. The van der Waals surface area contributed by atoms with Crippen molar-refractivity contribution in [2.75, 3.05) is 63.7 Å². The predicted octanol–water partition coefficient (Wildman–Crippen LogP) is 1.34. The zero-order valence-corrected chi connectivity index (χ0v) is 14.4. The van der Waals surface area contributed by atoms with Gasteiger partial charge >= 0.3 is 0 Å². The summed E-state index contributed by atoms with van der Waals surface area (Å²) in [5.74, 6) is 1.60. The van der Waals surface area contributed by atoms with E-state index in [2.05, 4.69) is 21.8 Å². The monoisotopic (exact) mass is 336 g/mol. The molecule has 1 aromatic rings. The second-order valence-corrected chi connectivity index (χ2v) is 6.40. The van der Waals surface area contributed by atoms with E-state index < -0.39 is 0 Å². The van der Waals surface area contributed by atoms with Crippen LogP contribution in [-0.4, -0.2) is 69.2 Å². The molecule has 0 bridgehead atoms. The third kappa shape index (κ3) is 4.72. The summed E-state index contributed by atoms with van der Waals surface area (Å²) in [6.45, 7) is 5.68. The molecule has 2 saturated heterocycles. The Labute approximate surface area is 143 Å². The Balaban J connectivity index is 1.52. The van der Waals surface area contributed by atoms with E-state index in [1.165, 1.54) is 0 Å². The summed E-state index contributed by atoms with van der Waals surface area (Å²) in [5, 5.41) is 0. The molecule has 7 heteroatoms. The number of piperazine rings is 1. The van der Waals surface area contributed by atoms with Crippen LogP contribution in [0.25, 0.3) is 0 Å². The van der Waals surface area contributed by atoms with Crippen molar-refractivity contribution in [3.8, 4) is 5.75 Å². The van der Waals surface area contributed by atoms with Crippen molar-refractivity contribution in [3.05, 3.63) is 12.3 Å². The summed E-state index contributed by atoms with van der Waals surface area (Å²) in [4.78, 5) is 9.05. The molecule has 2 aliphatic heterocycles. The van der Waals surface area contributed by atoms with Crippen molar-refractivity contribution >= 4 is 11.5 Å². The molecule has 1 unspecified atom stereocenters. The number of nitrogen functional groups attached to an aromatic ring is 1. The lowest BCUT2D eigenvalue weighted by Crippen LogP contribution is -2.45. The summed E-state index contributed by atoms with van der Waals surface area (Å²) in [7, 11) is 2.13. The van der Waals surface area contributed by atoms with Gasteiger partial charge < -0.3 is 29.7 Å². The average Bonchev–Trinajstić information content (AvgIpc) is 2.61. The van der Waals surface area contributed by atoms with E-state index in [0.29, 0.717) is 18.9 Å². The quantitative estimate of drug-likeness (QED) is 0.786. The second-order valence-electron chi connectivity index (χ2n) is 6.40. The van der Waals surface area contributed by atoms with Gasteiger partial charge in [0.05, 0.1) is 18.5 Å². The fourth-order valence-electron chi connectivity index (χ4n) is 2.99. The van der Waals surface area contributed by atoms with E-state index in [1.54, 1.807) is 6.20 Å². The average molecular weight is 336 g/mol. The summed E-state index contributed by atoms with van der Waals surface area (Å²) in [6.07, 6.45) is 4.86. The number of nitrogens with zero attached hydrogens (tertiary/aromatic N) is 3. The molecule has 0 aromatic carbocycles. The number of likely N-dealkylation sites (N-methyl/N-ethyl adjacent to an activating group) is 1. The van der Waals surface area contributed by atoms with E-state index >= 15 is 0 Å². The largest absolute Gasteiger partial charge is 0.487 e. The number of ether oxygens (including phenoxy) is 3. The Kier molecular flexibility index (Phi) is 6.12. The van der Waals surface area contributed by atoms with Crippen LogP contribution in [0.1, 0.15) is 19.3 Å². The highest BCUT2D eigenvalue weighted by Crippen LogP contribution is 2.28. The second kappa shape index (κ2) is 8.50. The standard InChI is InChI=1S/C17H28N4O3/c1-20-5-7-21(8-6-20)17-15(12-14(18)13-19-17)22-10-11-24-16-4-2-3-9-23-16/h12-13,16H,2-11,18H2,1H3. The first-order valence-corrected chi connectivity index (χ1v) is 8.77. The maximum Gasteiger partial charge on any atom is 0.171 e. The zero-order chi connectivity index (χ0) is 16.8. The summed E-state index contributed by atoms with van der Waals surface area (Å²) >= 11 is 0. The van der Waals surface area contributed by atoms with Gasteiger partial charge in [0.15, 0.2) is 17.9 Å². The van der Waals surface area contributed by atoms with Crippen molar-refractivity contribution < 1.29 is 14.2 Å². The molecule has 3 rings (SSSR count). The van der Waals surface area contributed by atoms with Crippen LogP contribution < -0.4 is 15.4 Å². The first-order chi connectivity index (χ1) is 11.7. The molecule has 24 heavy (non-hydrogen) atoms. The SMILES string of the molecule is CN1CCN(c2ncc(N)cc2OCCOC2CCCCO2)CC1. The number of nitrogens with two attached hydrogens (primary N) is 1. The van der Waals surface area contributed by atoms with Gasteiger partial charge in [0.2, 0.25) is 0 Å². The van der Waals surface area contributed by atoms with Gasteiger partial charge in [-0.1, -0.05) is 0 Å². The molecule has 0 amide bonds. The maximum atomic E-state index is 5.91. The minimum atomic E-state index is -0.0848. The first-order valence-electron chi connectivity index (χ1n) is 8.77. The van der Waals surface area contributed by atoms with Crippen LogP contribution in [0, 0.1) is 0 Å². The number of pyridine rings is 1. The maximum absolute atomic E-state index is 5.91. The molecule has 2 N–H and O–H groups in total. The highest BCUT2D eigenvalue weighted by atomic mass is 16.7. The van der Waals surface area contributed by atoms with Crippen LogP contribution in [0.5, 0.6) is 5.75 Å². The molecular weight excluding hydrogens is 308 g/mol. The Morgan fingerprint density at radius 3 is 2.83 bits per heavy atom. The van der Waals surface area contributed by atoms with Crippen LogP contribution in [0.15, 0.2) is 12.3 Å². The predicted molar refractivity (Wildman–Crippen MR) is 93.4 cm³/mol. The van der Waals surface area contributed by atoms with Gasteiger partial charge in [-0.15, -0.1) is 0 Å². The molecule has 134 valence electrons. The Bertz CT molecular complexity index is 515. The fraction of sp³-hybridized carbons (Fsp3) is 0.706. The lowest BCUT2D eigenvalue weighted by Gasteiger charge is -2.34. The molecule has 0 radical (unpaired) electrons. The van der Waals surface area contributed by atoms with E-state index in [9.17, 15) is 0 Å². The first kappa shape index (κ1) is 17.3. The minimum absolute atomic E-state index is 0.0848. The lowest BCUT2D eigenvalue weighted by molar-refractivity contribution is -0.165. The number of rotatable bonds is 6. The minimum Gasteiger partial charge on any atom is -0.487 e. The van der Waals surface area contributed by atoms with Crippen LogP contribution in [0.2, 0.25) is 0 Å². The normalized spacial score (nSPS) is 22.5. The molecule has 1 atom stereocenters. The molecule has 7 nitrogen and oxygen atoms in total.